The molecule has 0 unspecified atom stereocenters. The Balaban J connectivity index is 2.65. The number of aromatic nitrogens is 1. The van der Waals surface area contributed by atoms with Gasteiger partial charge in [0.1, 0.15) is 11.4 Å². The molecule has 64 valence electrons. The number of halogens is 1. The highest BCUT2D eigenvalue weighted by molar-refractivity contribution is 14.1. The van der Waals surface area contributed by atoms with Crippen LogP contribution in [0.5, 0.6) is 0 Å². The zero-order valence-corrected chi connectivity index (χ0v) is 9.10. The Labute approximate surface area is 85.0 Å². The molecule has 0 fully saturated rings. The van der Waals surface area contributed by atoms with Crippen molar-refractivity contribution in [1.82, 2.24) is 5.16 Å². The molecule has 1 rings (SSSR count). The van der Waals surface area contributed by atoms with Crippen LogP contribution in [-0.4, -0.2) is 11.7 Å². The van der Waals surface area contributed by atoms with Crippen LogP contribution in [-0.2, 0) is 0 Å². The van der Waals surface area contributed by atoms with Crippen LogP contribution in [0.2, 0.25) is 0 Å². The molecule has 3 nitrogen and oxygen atoms in total. The first-order valence-electron chi connectivity index (χ1n) is 3.51. The molecule has 4 heteroatoms. The van der Waals surface area contributed by atoms with E-state index in [1.165, 1.54) is 0 Å². The van der Waals surface area contributed by atoms with Crippen molar-refractivity contribution in [3.05, 3.63) is 11.5 Å². The SMILES string of the molecule is Cc1noc(C)c1NCC#CI. The zero-order chi connectivity index (χ0) is 8.97. The van der Waals surface area contributed by atoms with Gasteiger partial charge in [-0.25, -0.2) is 0 Å². The molecule has 0 saturated carbocycles. The second-order valence-corrected chi connectivity index (χ2v) is 2.86. The highest BCUT2D eigenvalue weighted by Crippen LogP contribution is 2.17. The number of hydrogen-bond acceptors (Lipinski definition) is 3. The van der Waals surface area contributed by atoms with E-state index in [9.17, 15) is 0 Å². The summed E-state index contributed by atoms with van der Waals surface area (Å²) < 4.78 is 7.74. The van der Waals surface area contributed by atoms with E-state index in [-0.39, 0.29) is 0 Å². The van der Waals surface area contributed by atoms with Crippen LogP contribution in [0.4, 0.5) is 5.69 Å². The Bertz CT molecular complexity index is 302. The lowest BCUT2D eigenvalue weighted by atomic mass is 10.3. The molecule has 1 N–H and O–H groups in total. The van der Waals surface area contributed by atoms with Gasteiger partial charge in [-0.3, -0.25) is 0 Å². The maximum atomic E-state index is 4.96. The van der Waals surface area contributed by atoms with Crippen LogP contribution in [0.15, 0.2) is 4.52 Å². The van der Waals surface area contributed by atoms with E-state index in [0.717, 1.165) is 17.1 Å². The third kappa shape index (κ3) is 2.14. The lowest BCUT2D eigenvalue weighted by Crippen LogP contribution is -1.99. The maximum Gasteiger partial charge on any atom is 0.157 e. The van der Waals surface area contributed by atoms with Gasteiger partial charge in [0.05, 0.1) is 6.54 Å². The van der Waals surface area contributed by atoms with E-state index in [0.29, 0.717) is 6.54 Å². The van der Waals surface area contributed by atoms with Gasteiger partial charge in [0.25, 0.3) is 0 Å². The molecule has 0 amide bonds. The number of anilines is 1. The summed E-state index contributed by atoms with van der Waals surface area (Å²) in [5, 5.41) is 6.93. The monoisotopic (exact) mass is 276 g/mol. The van der Waals surface area contributed by atoms with Gasteiger partial charge in [0.15, 0.2) is 5.76 Å². The Hall–Kier alpha value is -0.700. The molecule has 0 aliphatic rings. The second-order valence-electron chi connectivity index (χ2n) is 2.32. The minimum Gasteiger partial charge on any atom is -0.370 e. The van der Waals surface area contributed by atoms with E-state index in [1.54, 1.807) is 0 Å². The lowest BCUT2D eigenvalue weighted by Gasteiger charge is -1.98. The van der Waals surface area contributed by atoms with Crippen LogP contribution < -0.4 is 5.32 Å². The summed E-state index contributed by atoms with van der Waals surface area (Å²) in [6, 6.07) is 0. The van der Waals surface area contributed by atoms with E-state index in [2.05, 4.69) is 20.3 Å². The van der Waals surface area contributed by atoms with E-state index >= 15 is 0 Å². The third-order valence-electron chi connectivity index (χ3n) is 1.45. The highest BCUT2D eigenvalue weighted by Gasteiger charge is 2.06. The maximum absolute atomic E-state index is 4.96. The first kappa shape index (κ1) is 9.39. The molecule has 0 radical (unpaired) electrons. The standard InChI is InChI=1S/C8H9IN2O/c1-6-8(7(2)12-11-6)10-5-3-4-9/h10H,5H2,1-2H3. The van der Waals surface area contributed by atoms with Gasteiger partial charge in [-0.15, -0.1) is 0 Å². The van der Waals surface area contributed by atoms with E-state index in [4.69, 9.17) is 4.52 Å². The van der Waals surface area contributed by atoms with Gasteiger partial charge < -0.3 is 9.84 Å². The minimum absolute atomic E-state index is 0.631. The number of rotatable bonds is 2. The quantitative estimate of drug-likeness (QED) is 0.664. The van der Waals surface area contributed by atoms with Crippen LogP contribution >= 0.6 is 22.6 Å². The summed E-state index contributed by atoms with van der Waals surface area (Å²) in [6.45, 7) is 4.40. The molecule has 0 aromatic carbocycles. The number of aryl methyl sites for hydroxylation is 2. The first-order valence-corrected chi connectivity index (χ1v) is 4.59. The molecule has 0 bridgehead atoms. The van der Waals surface area contributed by atoms with Gasteiger partial charge in [-0.1, -0.05) is 11.1 Å². The van der Waals surface area contributed by atoms with Crippen LogP contribution in [0.3, 0.4) is 0 Å². The first-order chi connectivity index (χ1) is 5.75. The smallest absolute Gasteiger partial charge is 0.157 e. The number of nitrogens with one attached hydrogen (secondary N) is 1. The fourth-order valence-electron chi connectivity index (χ4n) is 0.901. The van der Waals surface area contributed by atoms with Crippen molar-refractivity contribution >= 4 is 28.3 Å². The number of hydrogen-bond donors (Lipinski definition) is 1. The molecule has 1 aromatic heterocycles. The van der Waals surface area contributed by atoms with Crippen molar-refractivity contribution in [2.45, 2.75) is 13.8 Å². The lowest BCUT2D eigenvalue weighted by molar-refractivity contribution is 0.393. The highest BCUT2D eigenvalue weighted by atomic mass is 127. The summed E-state index contributed by atoms with van der Waals surface area (Å²) in [4.78, 5) is 0. The van der Waals surface area contributed by atoms with Gasteiger partial charge >= 0.3 is 0 Å². The van der Waals surface area contributed by atoms with Crippen LogP contribution in [0.1, 0.15) is 11.5 Å². The Morgan fingerprint density at radius 1 is 1.58 bits per heavy atom. The van der Waals surface area contributed by atoms with E-state index < -0.39 is 0 Å². The largest absolute Gasteiger partial charge is 0.370 e. The topological polar surface area (TPSA) is 38.1 Å². The van der Waals surface area contributed by atoms with Crippen molar-refractivity contribution in [3.8, 4) is 9.85 Å². The van der Waals surface area contributed by atoms with Gasteiger partial charge in [0.2, 0.25) is 0 Å². The van der Waals surface area contributed by atoms with Crippen molar-refractivity contribution < 1.29 is 4.52 Å². The van der Waals surface area contributed by atoms with E-state index in [1.807, 2.05) is 36.4 Å². The molecule has 0 spiro atoms. The predicted octanol–water partition coefficient (Wildman–Crippen LogP) is 2.10. The normalized spacial score (nSPS) is 8.92. The summed E-state index contributed by atoms with van der Waals surface area (Å²) in [6.07, 6.45) is 0. The van der Waals surface area contributed by atoms with Gasteiger partial charge in [0, 0.05) is 22.6 Å². The zero-order valence-electron chi connectivity index (χ0n) is 6.94. The Morgan fingerprint density at radius 3 is 2.83 bits per heavy atom. The molecule has 1 heterocycles. The fourth-order valence-corrected chi connectivity index (χ4v) is 1.09. The molecule has 0 atom stereocenters. The van der Waals surface area contributed by atoms with Gasteiger partial charge in [-0.2, -0.15) is 0 Å². The molecule has 0 aliphatic carbocycles. The van der Waals surface area contributed by atoms with Crippen LogP contribution in [0.25, 0.3) is 0 Å². The Morgan fingerprint density at radius 2 is 2.33 bits per heavy atom. The minimum atomic E-state index is 0.631. The molecule has 1 aromatic rings. The number of nitrogens with zero attached hydrogens (tertiary/aromatic N) is 1. The van der Waals surface area contributed by atoms with Crippen LogP contribution in [0, 0.1) is 23.7 Å². The average Bonchev–Trinajstić information content (AvgIpc) is 2.35. The van der Waals surface area contributed by atoms with Gasteiger partial charge in [-0.05, 0) is 17.8 Å². The molecule has 12 heavy (non-hydrogen) atoms. The summed E-state index contributed by atoms with van der Waals surface area (Å²) in [5.41, 5.74) is 1.83. The fraction of sp³-hybridized carbons (Fsp3) is 0.375. The molecule has 0 aliphatic heterocycles. The van der Waals surface area contributed by atoms with Crippen molar-refractivity contribution in [1.29, 1.82) is 0 Å². The Kier molecular flexibility index (Phi) is 3.41. The molecular weight excluding hydrogens is 267 g/mol. The predicted molar refractivity (Wildman–Crippen MR) is 56.3 cm³/mol. The summed E-state index contributed by atoms with van der Waals surface area (Å²) in [7, 11) is 0. The van der Waals surface area contributed by atoms with Crippen molar-refractivity contribution in [2.75, 3.05) is 11.9 Å². The molecule has 0 saturated heterocycles. The second kappa shape index (κ2) is 4.36. The summed E-state index contributed by atoms with van der Waals surface area (Å²) >= 11 is 2.01. The van der Waals surface area contributed by atoms with Crippen molar-refractivity contribution in [3.63, 3.8) is 0 Å². The van der Waals surface area contributed by atoms with Crippen molar-refractivity contribution in [2.24, 2.45) is 0 Å². The summed E-state index contributed by atoms with van der Waals surface area (Å²) in [5.74, 6) is 3.71. The molecular formula is C8H9IN2O. The average molecular weight is 276 g/mol. The third-order valence-corrected chi connectivity index (χ3v) is 1.84.